The van der Waals surface area contributed by atoms with Crippen LogP contribution in [0.4, 0.5) is 20.7 Å². The number of piperidine rings is 1. The van der Waals surface area contributed by atoms with Crippen molar-refractivity contribution in [2.75, 3.05) is 25.5 Å². The van der Waals surface area contributed by atoms with Gasteiger partial charge in [-0.1, -0.05) is 0 Å². The number of carbonyl (C=O) groups is 1. The Bertz CT molecular complexity index is 898. The van der Waals surface area contributed by atoms with E-state index in [1.165, 1.54) is 25.6 Å². The summed E-state index contributed by atoms with van der Waals surface area (Å²) in [6.45, 7) is 6.38. The second kappa shape index (κ2) is 9.78. The van der Waals surface area contributed by atoms with Crippen LogP contribution in [0.5, 0.6) is 11.6 Å². The molecule has 0 bridgehead atoms. The van der Waals surface area contributed by atoms with E-state index in [0.29, 0.717) is 43.3 Å². The zero-order chi connectivity index (χ0) is 22.4. The monoisotopic (exact) mass is 434 g/mol. The summed E-state index contributed by atoms with van der Waals surface area (Å²) in [6, 6.07) is 6.18. The van der Waals surface area contributed by atoms with Crippen LogP contribution in [0.25, 0.3) is 0 Å². The summed E-state index contributed by atoms with van der Waals surface area (Å²) in [5, 5.41) is 4.58. The van der Waals surface area contributed by atoms with Gasteiger partial charge in [-0.15, -0.1) is 5.06 Å². The van der Waals surface area contributed by atoms with Crippen molar-refractivity contribution in [3.05, 3.63) is 36.4 Å². The maximum Gasteiger partial charge on any atom is 0.528 e. The SMILES string of the molecule is COc1ccc(Nc2cc(OC3CCN(OC(=O)OC(C)(C)C)CC3)ncn2)cc1F. The average Bonchev–Trinajstić information content (AvgIpc) is 2.68. The Hall–Kier alpha value is -3.14. The quantitative estimate of drug-likeness (QED) is 0.675. The van der Waals surface area contributed by atoms with E-state index in [1.807, 2.05) is 0 Å². The van der Waals surface area contributed by atoms with Crippen molar-refractivity contribution in [1.82, 2.24) is 15.0 Å². The normalized spacial score (nSPS) is 15.3. The Balaban J connectivity index is 1.50. The molecule has 1 fully saturated rings. The molecule has 1 aromatic carbocycles. The molecule has 0 radical (unpaired) electrons. The van der Waals surface area contributed by atoms with E-state index < -0.39 is 17.6 Å². The molecular weight excluding hydrogens is 407 g/mol. The van der Waals surface area contributed by atoms with Gasteiger partial charge in [0.15, 0.2) is 11.6 Å². The van der Waals surface area contributed by atoms with Crippen molar-refractivity contribution in [2.45, 2.75) is 45.3 Å². The first kappa shape index (κ1) is 22.5. The average molecular weight is 434 g/mol. The lowest BCUT2D eigenvalue weighted by Gasteiger charge is -2.30. The Morgan fingerprint density at radius 3 is 2.58 bits per heavy atom. The highest BCUT2D eigenvalue weighted by Gasteiger charge is 2.26. The van der Waals surface area contributed by atoms with Gasteiger partial charge in [0.1, 0.15) is 23.9 Å². The van der Waals surface area contributed by atoms with Crippen molar-refractivity contribution < 1.29 is 28.2 Å². The molecule has 0 unspecified atom stereocenters. The summed E-state index contributed by atoms with van der Waals surface area (Å²) in [7, 11) is 1.41. The van der Waals surface area contributed by atoms with Crippen LogP contribution in [-0.2, 0) is 9.57 Å². The Morgan fingerprint density at radius 1 is 1.19 bits per heavy atom. The molecule has 3 rings (SSSR count). The van der Waals surface area contributed by atoms with Crippen LogP contribution in [0.2, 0.25) is 0 Å². The van der Waals surface area contributed by atoms with Gasteiger partial charge in [0.2, 0.25) is 5.88 Å². The molecule has 1 aromatic heterocycles. The summed E-state index contributed by atoms with van der Waals surface area (Å²) in [6.07, 6.45) is 1.88. The Labute approximate surface area is 180 Å². The number of methoxy groups -OCH3 is 1. The molecule has 0 saturated carbocycles. The third-order valence-corrected chi connectivity index (χ3v) is 4.35. The van der Waals surface area contributed by atoms with Gasteiger partial charge in [0, 0.05) is 43.8 Å². The second-order valence-corrected chi connectivity index (χ2v) is 8.02. The van der Waals surface area contributed by atoms with Crippen molar-refractivity contribution in [2.24, 2.45) is 0 Å². The molecule has 1 N–H and O–H groups in total. The molecule has 9 nitrogen and oxygen atoms in total. The highest BCUT2D eigenvalue weighted by atomic mass is 19.1. The molecule has 1 aliphatic heterocycles. The molecule has 10 heteroatoms. The summed E-state index contributed by atoms with van der Waals surface area (Å²) in [5.41, 5.74) is -0.0787. The van der Waals surface area contributed by atoms with Gasteiger partial charge >= 0.3 is 6.16 Å². The van der Waals surface area contributed by atoms with Crippen LogP contribution in [0.3, 0.4) is 0 Å². The fraction of sp³-hybridized carbons (Fsp3) is 0.476. The van der Waals surface area contributed by atoms with Crippen LogP contribution >= 0.6 is 0 Å². The maximum atomic E-state index is 13.9. The van der Waals surface area contributed by atoms with Crippen LogP contribution in [0.15, 0.2) is 30.6 Å². The van der Waals surface area contributed by atoms with Gasteiger partial charge in [-0.2, -0.15) is 0 Å². The fourth-order valence-electron chi connectivity index (χ4n) is 2.95. The zero-order valence-corrected chi connectivity index (χ0v) is 18.1. The van der Waals surface area contributed by atoms with E-state index in [4.69, 9.17) is 19.0 Å². The third-order valence-electron chi connectivity index (χ3n) is 4.35. The molecule has 1 saturated heterocycles. The molecular formula is C21H27FN4O5. The highest BCUT2D eigenvalue weighted by Crippen LogP contribution is 2.25. The lowest BCUT2D eigenvalue weighted by Crippen LogP contribution is -2.40. The maximum absolute atomic E-state index is 13.9. The largest absolute Gasteiger partial charge is 0.528 e. The van der Waals surface area contributed by atoms with Gasteiger partial charge in [0.05, 0.1) is 7.11 Å². The first-order valence-electron chi connectivity index (χ1n) is 9.97. The van der Waals surface area contributed by atoms with Crippen LogP contribution < -0.4 is 14.8 Å². The topological polar surface area (TPSA) is 95.0 Å². The number of halogens is 1. The molecule has 0 spiro atoms. The summed E-state index contributed by atoms with van der Waals surface area (Å²) >= 11 is 0. The third kappa shape index (κ3) is 6.95. The number of hydrogen-bond donors (Lipinski definition) is 1. The summed E-state index contributed by atoms with van der Waals surface area (Å²) in [4.78, 5) is 25.3. The number of nitrogens with zero attached hydrogens (tertiary/aromatic N) is 3. The number of nitrogens with one attached hydrogen (secondary N) is 1. The molecule has 31 heavy (non-hydrogen) atoms. The highest BCUT2D eigenvalue weighted by molar-refractivity contribution is 5.60. The van der Waals surface area contributed by atoms with Crippen LogP contribution in [0.1, 0.15) is 33.6 Å². The molecule has 168 valence electrons. The predicted molar refractivity (Wildman–Crippen MR) is 111 cm³/mol. The van der Waals surface area contributed by atoms with E-state index in [0.717, 1.165) is 0 Å². The van der Waals surface area contributed by atoms with Crippen molar-refractivity contribution in [3.8, 4) is 11.6 Å². The van der Waals surface area contributed by atoms with Crippen LogP contribution in [0, 0.1) is 5.82 Å². The van der Waals surface area contributed by atoms with Crippen molar-refractivity contribution >= 4 is 17.7 Å². The molecule has 0 amide bonds. The van der Waals surface area contributed by atoms with Gasteiger partial charge in [-0.3, -0.25) is 0 Å². The van der Waals surface area contributed by atoms with Crippen molar-refractivity contribution in [1.29, 1.82) is 0 Å². The summed E-state index contributed by atoms with van der Waals surface area (Å²) < 4.78 is 29.9. The molecule has 0 aliphatic carbocycles. The number of aromatic nitrogens is 2. The van der Waals surface area contributed by atoms with E-state index in [1.54, 1.807) is 38.0 Å². The first-order chi connectivity index (χ1) is 14.7. The molecule has 1 aliphatic rings. The van der Waals surface area contributed by atoms with E-state index in [2.05, 4.69) is 15.3 Å². The number of hydrogen-bond acceptors (Lipinski definition) is 9. The number of anilines is 2. The Kier molecular flexibility index (Phi) is 7.11. The second-order valence-electron chi connectivity index (χ2n) is 8.02. The molecule has 2 aromatic rings. The minimum Gasteiger partial charge on any atom is -0.494 e. The van der Waals surface area contributed by atoms with Gasteiger partial charge in [-0.05, 0) is 32.9 Å². The fourth-order valence-corrected chi connectivity index (χ4v) is 2.95. The standard InChI is InChI=1S/C21H27FN4O5/c1-21(2,3)30-20(27)31-26-9-7-15(8-10-26)29-19-12-18(23-13-24-19)25-14-5-6-17(28-4)16(22)11-14/h5-6,11-13,15H,7-10H2,1-4H3,(H,23,24,25). The minimum absolute atomic E-state index is 0.0836. The van der Waals surface area contributed by atoms with E-state index in [9.17, 15) is 9.18 Å². The lowest BCUT2D eigenvalue weighted by atomic mass is 10.1. The van der Waals surface area contributed by atoms with E-state index in [-0.39, 0.29) is 11.9 Å². The summed E-state index contributed by atoms with van der Waals surface area (Å²) in [5.74, 6) is 0.566. The van der Waals surface area contributed by atoms with E-state index >= 15 is 0 Å². The number of ether oxygens (including phenoxy) is 3. The number of benzene rings is 1. The van der Waals surface area contributed by atoms with Gasteiger partial charge in [0.25, 0.3) is 0 Å². The van der Waals surface area contributed by atoms with Gasteiger partial charge < -0.3 is 24.4 Å². The number of hydroxylamine groups is 2. The molecule has 0 atom stereocenters. The first-order valence-corrected chi connectivity index (χ1v) is 9.97. The van der Waals surface area contributed by atoms with Gasteiger partial charge in [-0.25, -0.2) is 19.2 Å². The lowest BCUT2D eigenvalue weighted by molar-refractivity contribution is -0.159. The Morgan fingerprint density at radius 2 is 1.94 bits per heavy atom. The number of rotatable bonds is 6. The predicted octanol–water partition coefficient (Wildman–Crippen LogP) is 4.08. The number of carbonyl (C=O) groups excluding carboxylic acids is 1. The van der Waals surface area contributed by atoms with Crippen LogP contribution in [-0.4, -0.2) is 53.1 Å². The zero-order valence-electron chi connectivity index (χ0n) is 18.1. The molecule has 2 heterocycles. The van der Waals surface area contributed by atoms with Crippen molar-refractivity contribution in [3.63, 3.8) is 0 Å². The minimum atomic E-state index is -0.714. The smallest absolute Gasteiger partial charge is 0.494 e.